The van der Waals surface area contributed by atoms with Crippen LogP contribution in [0.5, 0.6) is 0 Å². The average Bonchev–Trinajstić information content (AvgIpc) is 3.21. The molecule has 1 aromatic heterocycles. The maximum atomic E-state index is 12.3. The summed E-state index contributed by atoms with van der Waals surface area (Å²) in [4.78, 5) is 16.6. The SMILES string of the molecule is NC1(C(=O)NCc2nccn2CCc2ccccc2)CCCC1. The monoisotopic (exact) mass is 312 g/mol. The van der Waals surface area contributed by atoms with Gasteiger partial charge in [0.2, 0.25) is 5.91 Å². The Morgan fingerprint density at radius 2 is 2.00 bits per heavy atom. The predicted octanol–water partition coefficient (Wildman–Crippen LogP) is 2.01. The van der Waals surface area contributed by atoms with Gasteiger partial charge in [0.1, 0.15) is 5.82 Å². The van der Waals surface area contributed by atoms with Gasteiger partial charge < -0.3 is 15.6 Å². The highest BCUT2D eigenvalue weighted by molar-refractivity contribution is 5.86. The molecule has 0 unspecified atom stereocenters. The minimum absolute atomic E-state index is 0.0485. The van der Waals surface area contributed by atoms with E-state index in [0.29, 0.717) is 6.54 Å². The first-order chi connectivity index (χ1) is 11.2. The van der Waals surface area contributed by atoms with Crippen LogP contribution in [0.1, 0.15) is 37.1 Å². The molecule has 1 fully saturated rings. The molecule has 5 nitrogen and oxygen atoms in total. The number of nitrogens with zero attached hydrogens (tertiary/aromatic N) is 2. The number of hydrogen-bond acceptors (Lipinski definition) is 3. The number of rotatable bonds is 6. The highest BCUT2D eigenvalue weighted by Crippen LogP contribution is 2.27. The van der Waals surface area contributed by atoms with Gasteiger partial charge in [-0.1, -0.05) is 43.2 Å². The van der Waals surface area contributed by atoms with E-state index in [1.54, 1.807) is 6.20 Å². The molecule has 0 bridgehead atoms. The molecule has 0 spiro atoms. The second kappa shape index (κ2) is 6.96. The van der Waals surface area contributed by atoms with Gasteiger partial charge in [-0.15, -0.1) is 0 Å². The number of carbonyl (C=O) groups is 1. The van der Waals surface area contributed by atoms with Gasteiger partial charge in [-0.3, -0.25) is 4.79 Å². The van der Waals surface area contributed by atoms with Gasteiger partial charge in [0.05, 0.1) is 12.1 Å². The first-order valence-corrected chi connectivity index (χ1v) is 8.28. The quantitative estimate of drug-likeness (QED) is 0.857. The van der Waals surface area contributed by atoms with Crippen LogP contribution in [0.25, 0.3) is 0 Å². The van der Waals surface area contributed by atoms with Crippen molar-refractivity contribution in [2.24, 2.45) is 5.73 Å². The molecule has 1 saturated carbocycles. The van der Waals surface area contributed by atoms with Crippen molar-refractivity contribution < 1.29 is 4.79 Å². The molecule has 0 atom stereocenters. The Morgan fingerprint density at radius 1 is 1.26 bits per heavy atom. The van der Waals surface area contributed by atoms with Gasteiger partial charge in [-0.2, -0.15) is 0 Å². The van der Waals surface area contributed by atoms with E-state index in [-0.39, 0.29) is 5.91 Å². The molecule has 3 rings (SSSR count). The number of aromatic nitrogens is 2. The minimum atomic E-state index is -0.679. The number of nitrogens with one attached hydrogen (secondary N) is 1. The molecule has 0 saturated heterocycles. The number of carbonyl (C=O) groups excluding carboxylic acids is 1. The van der Waals surface area contributed by atoms with Crippen LogP contribution in [0.4, 0.5) is 0 Å². The molecule has 0 radical (unpaired) electrons. The van der Waals surface area contributed by atoms with Crippen molar-refractivity contribution >= 4 is 5.91 Å². The summed E-state index contributed by atoms with van der Waals surface area (Å²) in [7, 11) is 0. The van der Waals surface area contributed by atoms with Crippen molar-refractivity contribution in [1.29, 1.82) is 0 Å². The molecule has 23 heavy (non-hydrogen) atoms. The summed E-state index contributed by atoms with van der Waals surface area (Å²) in [5.74, 6) is 0.823. The largest absolute Gasteiger partial charge is 0.347 e. The topological polar surface area (TPSA) is 72.9 Å². The van der Waals surface area contributed by atoms with Gasteiger partial charge in [0, 0.05) is 18.9 Å². The second-order valence-electron chi connectivity index (χ2n) is 6.32. The molecule has 1 heterocycles. The van der Waals surface area contributed by atoms with Gasteiger partial charge in [-0.25, -0.2) is 4.98 Å². The Morgan fingerprint density at radius 3 is 2.74 bits per heavy atom. The maximum Gasteiger partial charge on any atom is 0.240 e. The van der Waals surface area contributed by atoms with Crippen LogP contribution >= 0.6 is 0 Å². The van der Waals surface area contributed by atoms with Crippen molar-refractivity contribution in [3.8, 4) is 0 Å². The van der Waals surface area contributed by atoms with Gasteiger partial charge >= 0.3 is 0 Å². The van der Waals surface area contributed by atoms with E-state index in [9.17, 15) is 4.79 Å². The Labute approximate surface area is 136 Å². The van der Waals surface area contributed by atoms with Crippen LogP contribution in [-0.4, -0.2) is 21.0 Å². The van der Waals surface area contributed by atoms with Crippen molar-refractivity contribution in [1.82, 2.24) is 14.9 Å². The Hall–Kier alpha value is -2.14. The van der Waals surface area contributed by atoms with E-state index in [1.165, 1.54) is 5.56 Å². The molecule has 1 amide bonds. The lowest BCUT2D eigenvalue weighted by Crippen LogP contribution is -2.51. The van der Waals surface area contributed by atoms with E-state index < -0.39 is 5.54 Å². The van der Waals surface area contributed by atoms with E-state index in [1.807, 2.05) is 24.4 Å². The van der Waals surface area contributed by atoms with Crippen molar-refractivity contribution in [2.45, 2.75) is 50.7 Å². The average molecular weight is 312 g/mol. The Kier molecular flexibility index (Phi) is 4.76. The van der Waals surface area contributed by atoms with Crippen molar-refractivity contribution in [3.05, 3.63) is 54.1 Å². The fraction of sp³-hybridized carbons (Fsp3) is 0.444. The zero-order chi connectivity index (χ0) is 16.1. The van der Waals surface area contributed by atoms with E-state index >= 15 is 0 Å². The third-order valence-corrected chi connectivity index (χ3v) is 4.64. The molecule has 2 aromatic rings. The standard InChI is InChI=1S/C18H24N4O/c19-18(9-4-5-10-18)17(23)21-14-16-20-11-13-22(16)12-8-15-6-2-1-3-7-15/h1-3,6-7,11,13H,4-5,8-10,12,14,19H2,(H,21,23). The molecule has 3 N–H and O–H groups in total. The summed E-state index contributed by atoms with van der Waals surface area (Å²) < 4.78 is 2.09. The van der Waals surface area contributed by atoms with E-state index in [0.717, 1.165) is 44.5 Å². The minimum Gasteiger partial charge on any atom is -0.347 e. The number of hydrogen-bond donors (Lipinski definition) is 2. The van der Waals surface area contributed by atoms with Crippen LogP contribution in [0.3, 0.4) is 0 Å². The molecular weight excluding hydrogens is 288 g/mol. The third-order valence-electron chi connectivity index (χ3n) is 4.64. The molecule has 5 heteroatoms. The number of aryl methyl sites for hydroxylation is 2. The Bertz CT molecular complexity index is 644. The van der Waals surface area contributed by atoms with Gasteiger partial charge in [0.15, 0.2) is 0 Å². The van der Waals surface area contributed by atoms with Crippen LogP contribution in [0.2, 0.25) is 0 Å². The van der Waals surface area contributed by atoms with Crippen LogP contribution in [-0.2, 0) is 24.3 Å². The summed E-state index contributed by atoms with van der Waals surface area (Å²) >= 11 is 0. The van der Waals surface area contributed by atoms with Crippen molar-refractivity contribution in [3.63, 3.8) is 0 Å². The maximum absolute atomic E-state index is 12.3. The number of imidazole rings is 1. The lowest BCUT2D eigenvalue weighted by Gasteiger charge is -2.22. The van der Waals surface area contributed by atoms with E-state index in [2.05, 4.69) is 27.0 Å². The summed E-state index contributed by atoms with van der Waals surface area (Å²) in [5, 5.41) is 2.96. The first-order valence-electron chi connectivity index (χ1n) is 8.28. The Balaban J connectivity index is 1.55. The first kappa shape index (κ1) is 15.7. The lowest BCUT2D eigenvalue weighted by atomic mass is 9.98. The third kappa shape index (κ3) is 3.79. The number of nitrogens with two attached hydrogens (primary N) is 1. The summed E-state index contributed by atoms with van der Waals surface area (Å²) in [6.07, 6.45) is 8.31. The van der Waals surface area contributed by atoms with Gasteiger partial charge in [-0.05, 0) is 24.8 Å². The smallest absolute Gasteiger partial charge is 0.240 e. The number of benzene rings is 1. The predicted molar refractivity (Wildman–Crippen MR) is 89.6 cm³/mol. The number of amides is 1. The summed E-state index contributed by atoms with van der Waals surface area (Å²) in [6, 6.07) is 10.4. The highest BCUT2D eigenvalue weighted by atomic mass is 16.2. The fourth-order valence-corrected chi connectivity index (χ4v) is 3.17. The summed E-state index contributed by atoms with van der Waals surface area (Å²) in [5.41, 5.74) is 6.79. The van der Waals surface area contributed by atoms with Crippen LogP contribution in [0.15, 0.2) is 42.7 Å². The molecule has 1 aliphatic rings. The van der Waals surface area contributed by atoms with Gasteiger partial charge in [0.25, 0.3) is 0 Å². The normalized spacial score (nSPS) is 16.4. The summed E-state index contributed by atoms with van der Waals surface area (Å²) in [6.45, 7) is 1.28. The second-order valence-corrected chi connectivity index (χ2v) is 6.32. The molecule has 1 aromatic carbocycles. The molecule has 1 aliphatic carbocycles. The zero-order valence-electron chi connectivity index (χ0n) is 13.4. The van der Waals surface area contributed by atoms with Crippen LogP contribution in [0, 0.1) is 0 Å². The molecule has 0 aliphatic heterocycles. The van der Waals surface area contributed by atoms with Crippen molar-refractivity contribution in [2.75, 3.05) is 0 Å². The molecule has 122 valence electrons. The fourth-order valence-electron chi connectivity index (χ4n) is 3.17. The van der Waals surface area contributed by atoms with E-state index in [4.69, 9.17) is 5.73 Å². The highest BCUT2D eigenvalue weighted by Gasteiger charge is 2.36. The molecular formula is C18H24N4O. The lowest BCUT2D eigenvalue weighted by molar-refractivity contribution is -0.126. The zero-order valence-corrected chi connectivity index (χ0v) is 13.4. The van der Waals surface area contributed by atoms with Crippen LogP contribution < -0.4 is 11.1 Å².